The number of rotatable bonds is 15. The van der Waals surface area contributed by atoms with Crippen molar-refractivity contribution in [3.8, 4) is 11.5 Å². The van der Waals surface area contributed by atoms with E-state index >= 15 is 0 Å². The Morgan fingerprint density at radius 1 is 0.887 bits per heavy atom. The number of nitrogens with zero attached hydrogens (tertiary/aromatic N) is 4. The van der Waals surface area contributed by atoms with Gasteiger partial charge in [-0.15, -0.1) is 0 Å². The number of hydrogen-bond donors (Lipinski definition) is 2. The summed E-state index contributed by atoms with van der Waals surface area (Å²) in [6.45, 7) is 14.5. The molecular weight excluding hydrogens is 801 g/mol. The molecule has 4 atom stereocenters. The number of amides is 1. The maximum atomic E-state index is 13.5. The topological polar surface area (TPSA) is 151 Å². The van der Waals surface area contributed by atoms with Crippen molar-refractivity contribution in [3.05, 3.63) is 148 Å². The largest absolute Gasteiger partial charge is 0.497 e. The van der Waals surface area contributed by atoms with E-state index in [1.807, 2.05) is 103 Å². The molecule has 3 heterocycles. The number of benzene rings is 4. The fourth-order valence-corrected chi connectivity index (χ4v) is 8.62. The van der Waals surface area contributed by atoms with Crippen molar-refractivity contribution >= 4 is 37.6 Å². The smallest absolute Gasteiger partial charge is 0.280 e. The second-order valence-electron chi connectivity index (χ2n) is 17.3. The number of ether oxygens (including phenoxy) is 4. The van der Waals surface area contributed by atoms with Gasteiger partial charge in [0.25, 0.3) is 5.56 Å². The van der Waals surface area contributed by atoms with Gasteiger partial charge in [0, 0.05) is 12.1 Å². The average molecular weight is 857 g/mol. The number of H-pyrrole nitrogens is 1. The van der Waals surface area contributed by atoms with Crippen molar-refractivity contribution in [1.29, 1.82) is 0 Å². The molecule has 1 fully saturated rings. The Labute approximate surface area is 363 Å². The summed E-state index contributed by atoms with van der Waals surface area (Å²) in [5, 5.41) is 2.55. The van der Waals surface area contributed by atoms with E-state index in [1.54, 1.807) is 32.6 Å². The molecule has 62 heavy (non-hydrogen) atoms. The molecule has 2 aromatic heterocycles. The number of aromatic nitrogens is 4. The van der Waals surface area contributed by atoms with E-state index in [0.29, 0.717) is 11.5 Å². The highest BCUT2D eigenvalue weighted by molar-refractivity contribution is 6.74. The van der Waals surface area contributed by atoms with Crippen LogP contribution in [0.2, 0.25) is 18.1 Å². The number of fused-ring (bicyclic) bond motifs is 1. The first-order valence-corrected chi connectivity index (χ1v) is 23.7. The third-order valence-electron chi connectivity index (χ3n) is 11.9. The number of nitrogens with one attached hydrogen (secondary N) is 2. The molecule has 14 heteroatoms. The Hall–Kier alpha value is -5.93. The summed E-state index contributed by atoms with van der Waals surface area (Å²) in [7, 11) is 0.724. The van der Waals surface area contributed by atoms with Gasteiger partial charge in [-0.05, 0) is 64.7 Å². The third-order valence-corrected chi connectivity index (χ3v) is 16.3. The van der Waals surface area contributed by atoms with Gasteiger partial charge in [-0.3, -0.25) is 29.4 Å². The standard InChI is InChI=1S/C48H56N6O7Si/c1-31(2)43(55)52-46-51-42-40(44(56)53-46)50-30-54(42)45-41(61-62(8,9)47(3,4)5)39(49-28-32-16-12-10-13-17-32)38(60-45)29-59-48(33-18-14-11-15-19-33,34-20-24-36(57-6)25-21-34)35-22-26-37(58-7)27-23-35/h10-28,30-31,38-39,41,45H,29H2,1-9H3,(H2,51,52,53,55,56)/t38-,39-,41-,45-/m1/s1. The van der Waals surface area contributed by atoms with Crippen LogP contribution in [0.1, 0.15) is 63.1 Å². The fraction of sp³-hybridized carbons (Fsp3) is 0.354. The molecule has 0 radical (unpaired) electrons. The fourth-order valence-electron chi connectivity index (χ4n) is 7.33. The number of carbonyl (C=O) groups is 1. The summed E-state index contributed by atoms with van der Waals surface area (Å²) >= 11 is 0. The Morgan fingerprint density at radius 3 is 2.00 bits per heavy atom. The van der Waals surface area contributed by atoms with Crippen LogP contribution in [-0.4, -0.2) is 79.0 Å². The lowest BCUT2D eigenvalue weighted by molar-refractivity contribution is -0.118. The molecule has 1 amide bonds. The summed E-state index contributed by atoms with van der Waals surface area (Å²) in [4.78, 5) is 43.4. The zero-order chi connectivity index (χ0) is 44.2. The summed E-state index contributed by atoms with van der Waals surface area (Å²) < 4.78 is 34.8. The maximum Gasteiger partial charge on any atom is 0.280 e. The van der Waals surface area contributed by atoms with Crippen LogP contribution in [0.5, 0.6) is 11.5 Å². The van der Waals surface area contributed by atoms with Gasteiger partial charge in [-0.2, -0.15) is 4.98 Å². The normalized spacial score (nSPS) is 18.4. The number of hydrogen-bond acceptors (Lipinski definition) is 10. The van der Waals surface area contributed by atoms with Gasteiger partial charge in [-0.25, -0.2) is 4.98 Å². The van der Waals surface area contributed by atoms with Gasteiger partial charge in [0.2, 0.25) is 11.9 Å². The molecule has 2 N–H and O–H groups in total. The molecule has 13 nitrogen and oxygen atoms in total. The zero-order valence-electron chi connectivity index (χ0n) is 36.8. The van der Waals surface area contributed by atoms with E-state index in [0.717, 1.165) is 22.3 Å². The van der Waals surface area contributed by atoms with Crippen molar-refractivity contribution in [2.24, 2.45) is 10.9 Å². The van der Waals surface area contributed by atoms with Crippen LogP contribution in [0, 0.1) is 5.92 Å². The van der Waals surface area contributed by atoms with Crippen molar-refractivity contribution in [2.45, 2.75) is 82.8 Å². The third kappa shape index (κ3) is 9.00. The van der Waals surface area contributed by atoms with Crippen LogP contribution in [-0.2, 0) is 24.3 Å². The summed E-state index contributed by atoms with van der Waals surface area (Å²) in [6.07, 6.45) is 1.13. The molecule has 7 rings (SSSR count). The van der Waals surface area contributed by atoms with Crippen LogP contribution in [0.3, 0.4) is 0 Å². The van der Waals surface area contributed by atoms with E-state index in [9.17, 15) is 9.59 Å². The molecule has 0 aliphatic carbocycles. The highest BCUT2D eigenvalue weighted by Crippen LogP contribution is 2.46. The van der Waals surface area contributed by atoms with Crippen LogP contribution in [0.4, 0.5) is 5.95 Å². The van der Waals surface area contributed by atoms with Gasteiger partial charge in [0.1, 0.15) is 35.3 Å². The first-order chi connectivity index (χ1) is 29.6. The van der Waals surface area contributed by atoms with Crippen molar-refractivity contribution in [2.75, 3.05) is 26.1 Å². The summed E-state index contributed by atoms with van der Waals surface area (Å²) in [5.74, 6) is 0.788. The highest BCUT2D eigenvalue weighted by Gasteiger charge is 2.52. The van der Waals surface area contributed by atoms with E-state index in [-0.39, 0.29) is 40.6 Å². The summed E-state index contributed by atoms with van der Waals surface area (Å²) in [6, 6.07) is 35.1. The van der Waals surface area contributed by atoms with Crippen LogP contribution in [0.15, 0.2) is 125 Å². The van der Waals surface area contributed by atoms with E-state index in [1.165, 1.54) is 6.33 Å². The first-order valence-electron chi connectivity index (χ1n) is 20.8. The Bertz CT molecular complexity index is 2490. The van der Waals surface area contributed by atoms with E-state index in [2.05, 4.69) is 61.3 Å². The number of anilines is 1. The summed E-state index contributed by atoms with van der Waals surface area (Å²) in [5.41, 5.74) is 2.19. The number of methoxy groups -OCH3 is 2. The number of carbonyl (C=O) groups excluding carboxylic acids is 1. The molecule has 324 valence electrons. The SMILES string of the molecule is COc1ccc(C(OC[C@H]2O[C@@H](n3cnc4c(=O)[nH]c(NC(=O)C(C)C)nc43)[C@H](O[Si](C)(C)C(C)(C)C)[C@@H]2N=Cc2ccccc2)(c2ccccc2)c2ccc(OC)cc2)cc1. The molecule has 4 aromatic carbocycles. The van der Waals surface area contributed by atoms with E-state index < -0.39 is 44.0 Å². The number of imidazole rings is 1. The molecule has 0 unspecified atom stereocenters. The second-order valence-corrected chi connectivity index (χ2v) is 22.0. The minimum atomic E-state index is -2.56. The molecule has 1 aliphatic heterocycles. The van der Waals surface area contributed by atoms with Crippen molar-refractivity contribution in [3.63, 3.8) is 0 Å². The molecule has 0 saturated carbocycles. The quantitative estimate of drug-likeness (QED) is 0.0589. The van der Waals surface area contributed by atoms with Gasteiger partial charge in [0.05, 0.1) is 27.2 Å². The lowest BCUT2D eigenvalue weighted by Gasteiger charge is -2.40. The minimum Gasteiger partial charge on any atom is -0.497 e. The maximum absolute atomic E-state index is 13.5. The predicted octanol–water partition coefficient (Wildman–Crippen LogP) is 8.52. The zero-order valence-corrected chi connectivity index (χ0v) is 37.8. The van der Waals surface area contributed by atoms with Gasteiger partial charge < -0.3 is 23.4 Å². The van der Waals surface area contributed by atoms with Crippen LogP contribution in [0.25, 0.3) is 11.2 Å². The Balaban J connectivity index is 1.40. The van der Waals surface area contributed by atoms with E-state index in [4.69, 9.17) is 33.3 Å². The number of aromatic amines is 1. The lowest BCUT2D eigenvalue weighted by Crippen LogP contribution is -2.48. The predicted molar refractivity (Wildman–Crippen MR) is 244 cm³/mol. The Morgan fingerprint density at radius 2 is 1.45 bits per heavy atom. The van der Waals surface area contributed by atoms with Crippen LogP contribution < -0.4 is 20.3 Å². The monoisotopic (exact) mass is 856 g/mol. The molecule has 0 spiro atoms. The Kier molecular flexibility index (Phi) is 12.9. The molecule has 0 bridgehead atoms. The second kappa shape index (κ2) is 18.2. The highest BCUT2D eigenvalue weighted by atomic mass is 28.4. The molecule has 1 aliphatic rings. The first kappa shape index (κ1) is 44.1. The average Bonchev–Trinajstić information content (AvgIpc) is 3.84. The van der Waals surface area contributed by atoms with Gasteiger partial charge in [0.15, 0.2) is 25.7 Å². The lowest BCUT2D eigenvalue weighted by atomic mass is 9.80. The minimum absolute atomic E-state index is 0.00738. The molecular formula is C48H56N6O7Si. The van der Waals surface area contributed by atoms with Gasteiger partial charge in [-0.1, -0.05) is 120 Å². The molecule has 1 saturated heterocycles. The number of aliphatic imine (C=N–C) groups is 1. The molecule has 6 aromatic rings. The van der Waals surface area contributed by atoms with Gasteiger partial charge >= 0.3 is 0 Å². The van der Waals surface area contributed by atoms with Crippen molar-refractivity contribution in [1.82, 2.24) is 19.5 Å². The van der Waals surface area contributed by atoms with Crippen molar-refractivity contribution < 1.29 is 28.2 Å². The van der Waals surface area contributed by atoms with Crippen LogP contribution >= 0.6 is 0 Å².